The Morgan fingerprint density at radius 2 is 1.93 bits per heavy atom. The molecule has 0 aliphatic heterocycles. The maximum Gasteiger partial charge on any atom is 0.354 e. The van der Waals surface area contributed by atoms with Crippen LogP contribution in [-0.4, -0.2) is 37.9 Å². The predicted molar refractivity (Wildman–Crippen MR) is 97.5 cm³/mol. The van der Waals surface area contributed by atoms with Crippen LogP contribution in [0.1, 0.15) is 21.6 Å². The van der Waals surface area contributed by atoms with Crippen LogP contribution in [0.15, 0.2) is 24.5 Å². The van der Waals surface area contributed by atoms with E-state index in [9.17, 15) is 13.6 Å². The number of benzene rings is 1. The number of carbonyl (C=O) groups is 1. The lowest BCUT2D eigenvalue weighted by Gasteiger charge is -2.12. The van der Waals surface area contributed by atoms with E-state index in [1.807, 2.05) is 0 Å². The molecular weight excluding hydrogens is 388 g/mol. The van der Waals surface area contributed by atoms with Crippen LogP contribution in [0.3, 0.4) is 0 Å². The maximum absolute atomic E-state index is 14.3. The number of nitrogens with one attached hydrogen (secondary N) is 1. The summed E-state index contributed by atoms with van der Waals surface area (Å²) in [7, 11) is 2.78. The number of aromatic nitrogens is 4. The molecule has 0 saturated heterocycles. The highest BCUT2D eigenvalue weighted by Gasteiger charge is 2.18. The van der Waals surface area contributed by atoms with E-state index in [0.717, 1.165) is 0 Å². The van der Waals surface area contributed by atoms with E-state index in [0.29, 0.717) is 0 Å². The predicted octanol–water partition coefficient (Wildman–Crippen LogP) is 2.83. The van der Waals surface area contributed by atoms with Crippen molar-refractivity contribution < 1.29 is 28.2 Å². The Bertz CT molecular complexity index is 1050. The molecule has 2 heterocycles. The maximum atomic E-state index is 14.3. The lowest BCUT2D eigenvalue weighted by molar-refractivity contribution is 0.0685. The Kier molecular flexibility index (Phi) is 5.57. The summed E-state index contributed by atoms with van der Waals surface area (Å²) in [5, 5.41) is 15.8. The zero-order chi connectivity index (χ0) is 21.1. The summed E-state index contributed by atoms with van der Waals surface area (Å²) in [6.45, 7) is 1.12. The van der Waals surface area contributed by atoms with Crippen molar-refractivity contribution in [1.82, 2.24) is 19.7 Å². The van der Waals surface area contributed by atoms with Crippen LogP contribution in [0.4, 0.5) is 20.5 Å². The van der Waals surface area contributed by atoms with Gasteiger partial charge in [0, 0.05) is 13.1 Å². The highest BCUT2D eigenvalue weighted by molar-refractivity contribution is 5.86. The van der Waals surface area contributed by atoms with Gasteiger partial charge in [-0.1, -0.05) is 0 Å². The first-order valence-electron chi connectivity index (χ1n) is 8.30. The molecule has 0 bridgehead atoms. The van der Waals surface area contributed by atoms with Crippen LogP contribution >= 0.6 is 0 Å². The van der Waals surface area contributed by atoms with Crippen LogP contribution in [0.25, 0.3) is 0 Å². The van der Waals surface area contributed by atoms with E-state index >= 15 is 0 Å². The van der Waals surface area contributed by atoms with Crippen molar-refractivity contribution >= 4 is 17.7 Å². The van der Waals surface area contributed by atoms with Gasteiger partial charge in [-0.05, 0) is 18.6 Å². The number of methoxy groups -OCH3 is 1. The van der Waals surface area contributed by atoms with Gasteiger partial charge in [-0.3, -0.25) is 4.68 Å². The lowest BCUT2D eigenvalue weighted by atomic mass is 10.1. The van der Waals surface area contributed by atoms with Crippen LogP contribution in [-0.2, 0) is 13.7 Å². The standard InChI is InChI=1S/C18H17F2N5O4/c1-9-4-13(28-3)16(20)11(15(9)19)8-29-10-6-21-18(22-7-10)23-14-5-12(17(26)27)25(2)24-14/h4-7H,8H2,1-3H3,(H,26,27)(H,21,22,23,24). The van der Waals surface area contributed by atoms with E-state index < -0.39 is 17.6 Å². The first kappa shape index (κ1) is 20.0. The molecule has 0 spiro atoms. The van der Waals surface area contributed by atoms with Crippen molar-refractivity contribution in [3.05, 3.63) is 53.0 Å². The molecule has 1 aromatic carbocycles. The SMILES string of the molecule is COc1cc(C)c(F)c(COc2cnc(Nc3cc(C(=O)O)n(C)n3)nc2)c1F. The fourth-order valence-corrected chi connectivity index (χ4v) is 2.54. The third kappa shape index (κ3) is 4.23. The van der Waals surface area contributed by atoms with Gasteiger partial charge in [-0.15, -0.1) is 0 Å². The first-order valence-corrected chi connectivity index (χ1v) is 8.30. The van der Waals surface area contributed by atoms with Gasteiger partial charge in [-0.2, -0.15) is 5.10 Å². The number of nitrogens with zero attached hydrogens (tertiary/aromatic N) is 4. The van der Waals surface area contributed by atoms with Crippen molar-refractivity contribution in [2.45, 2.75) is 13.5 Å². The Labute approximate surface area is 163 Å². The average Bonchev–Trinajstić information content (AvgIpc) is 3.06. The van der Waals surface area contributed by atoms with E-state index in [1.165, 1.54) is 50.3 Å². The smallest absolute Gasteiger partial charge is 0.354 e. The minimum Gasteiger partial charge on any atom is -0.494 e. The number of rotatable bonds is 7. The van der Waals surface area contributed by atoms with Gasteiger partial charge in [0.2, 0.25) is 5.95 Å². The highest BCUT2D eigenvalue weighted by atomic mass is 19.1. The van der Waals surface area contributed by atoms with Gasteiger partial charge in [0.1, 0.15) is 18.1 Å². The molecule has 2 N–H and O–H groups in total. The monoisotopic (exact) mass is 405 g/mol. The molecule has 0 aliphatic carbocycles. The van der Waals surface area contributed by atoms with E-state index in [4.69, 9.17) is 14.6 Å². The van der Waals surface area contributed by atoms with Gasteiger partial charge in [-0.25, -0.2) is 23.5 Å². The summed E-state index contributed by atoms with van der Waals surface area (Å²) in [6, 6.07) is 2.60. The Hall–Kier alpha value is -3.76. The molecule has 152 valence electrons. The zero-order valence-corrected chi connectivity index (χ0v) is 15.7. The van der Waals surface area contributed by atoms with Gasteiger partial charge >= 0.3 is 5.97 Å². The normalized spacial score (nSPS) is 10.7. The van der Waals surface area contributed by atoms with Crippen LogP contribution < -0.4 is 14.8 Å². The zero-order valence-electron chi connectivity index (χ0n) is 15.7. The third-order valence-corrected chi connectivity index (χ3v) is 4.01. The topological polar surface area (TPSA) is 111 Å². The molecular formula is C18H17F2N5O4. The minimum atomic E-state index is -1.12. The number of halogens is 2. The Morgan fingerprint density at radius 3 is 2.52 bits per heavy atom. The second-order valence-electron chi connectivity index (χ2n) is 6.00. The Balaban J connectivity index is 1.70. The molecule has 0 unspecified atom stereocenters. The van der Waals surface area contributed by atoms with Crippen LogP contribution in [0.5, 0.6) is 11.5 Å². The summed E-state index contributed by atoms with van der Waals surface area (Å²) in [4.78, 5) is 19.1. The number of ether oxygens (including phenoxy) is 2. The molecule has 29 heavy (non-hydrogen) atoms. The fourth-order valence-electron chi connectivity index (χ4n) is 2.54. The number of hydrogen-bond acceptors (Lipinski definition) is 7. The number of aryl methyl sites for hydroxylation is 2. The van der Waals surface area contributed by atoms with Crippen molar-refractivity contribution in [2.24, 2.45) is 7.05 Å². The molecule has 0 fully saturated rings. The van der Waals surface area contributed by atoms with Crippen molar-refractivity contribution in [3.63, 3.8) is 0 Å². The van der Waals surface area contributed by atoms with Crippen molar-refractivity contribution in [2.75, 3.05) is 12.4 Å². The molecule has 3 aromatic rings. The summed E-state index contributed by atoms with van der Waals surface area (Å²) in [6.07, 6.45) is 2.61. The molecule has 0 atom stereocenters. The van der Waals surface area contributed by atoms with Crippen molar-refractivity contribution in [3.8, 4) is 11.5 Å². The summed E-state index contributed by atoms with van der Waals surface area (Å²) in [5.41, 5.74) is -0.0439. The molecule has 0 aliphatic rings. The summed E-state index contributed by atoms with van der Waals surface area (Å²) < 4.78 is 40.0. The average molecular weight is 405 g/mol. The van der Waals surface area contributed by atoms with E-state index in [2.05, 4.69) is 20.4 Å². The second-order valence-corrected chi connectivity index (χ2v) is 6.00. The molecule has 9 nitrogen and oxygen atoms in total. The molecule has 3 rings (SSSR count). The summed E-state index contributed by atoms with van der Waals surface area (Å²) in [5.74, 6) is -2.18. The third-order valence-electron chi connectivity index (χ3n) is 4.01. The largest absolute Gasteiger partial charge is 0.494 e. The molecule has 0 radical (unpaired) electrons. The number of aromatic carboxylic acids is 1. The van der Waals surface area contributed by atoms with Crippen molar-refractivity contribution in [1.29, 1.82) is 0 Å². The molecule has 0 amide bonds. The van der Waals surface area contributed by atoms with Crippen LogP contribution in [0, 0.1) is 18.6 Å². The minimum absolute atomic E-state index is 0.00918. The number of carboxylic acids is 1. The van der Waals surface area contributed by atoms with Crippen LogP contribution in [0.2, 0.25) is 0 Å². The lowest BCUT2D eigenvalue weighted by Crippen LogP contribution is -2.06. The molecule has 0 saturated carbocycles. The number of hydrogen-bond donors (Lipinski definition) is 2. The Morgan fingerprint density at radius 1 is 1.24 bits per heavy atom. The fraction of sp³-hybridized carbons (Fsp3) is 0.222. The van der Waals surface area contributed by atoms with E-state index in [-0.39, 0.29) is 46.7 Å². The quantitative estimate of drug-likeness (QED) is 0.617. The first-order chi connectivity index (χ1) is 13.8. The van der Waals surface area contributed by atoms with Gasteiger partial charge in [0.15, 0.2) is 23.1 Å². The van der Waals surface area contributed by atoms with E-state index in [1.54, 1.807) is 0 Å². The second kappa shape index (κ2) is 8.09. The molecule has 2 aromatic heterocycles. The number of anilines is 2. The van der Waals surface area contributed by atoms with Gasteiger partial charge < -0.3 is 19.9 Å². The molecule has 11 heteroatoms. The van der Waals surface area contributed by atoms with Gasteiger partial charge in [0.05, 0.1) is 25.1 Å². The summed E-state index contributed by atoms with van der Waals surface area (Å²) >= 11 is 0. The number of carboxylic acid groups (broad SMARTS) is 1. The van der Waals surface area contributed by atoms with Gasteiger partial charge in [0.25, 0.3) is 0 Å². The highest BCUT2D eigenvalue weighted by Crippen LogP contribution is 2.27.